The molecule has 29 heavy (non-hydrogen) atoms. The van der Waals surface area contributed by atoms with E-state index in [1.807, 2.05) is 13.0 Å². The van der Waals surface area contributed by atoms with Crippen LogP contribution in [-0.2, 0) is 4.79 Å². The molecule has 0 unspecified atom stereocenters. The number of amides is 1. The van der Waals surface area contributed by atoms with Gasteiger partial charge in [0.2, 0.25) is 0 Å². The van der Waals surface area contributed by atoms with Crippen LogP contribution >= 0.6 is 0 Å². The summed E-state index contributed by atoms with van der Waals surface area (Å²) in [6, 6.07) is 5.41. The normalized spacial score (nSPS) is 19.7. The molecule has 0 bridgehead atoms. The molecule has 1 fully saturated rings. The van der Waals surface area contributed by atoms with Gasteiger partial charge in [-0.1, -0.05) is 0 Å². The van der Waals surface area contributed by atoms with E-state index in [1.54, 1.807) is 26.0 Å². The Labute approximate surface area is 172 Å². The molecule has 1 aliphatic rings. The Morgan fingerprint density at radius 2 is 1.79 bits per heavy atom. The number of nitrogens with one attached hydrogen (secondary N) is 2. The summed E-state index contributed by atoms with van der Waals surface area (Å²) < 4.78 is 11.2. The van der Waals surface area contributed by atoms with Crippen LogP contribution in [0.3, 0.4) is 0 Å². The lowest BCUT2D eigenvalue weighted by atomic mass is 9.79. The Hall–Kier alpha value is -2.34. The SMILES string of the molecule is Cc1c(C)c2ccc(O[C@@H](C)C(=O)NC3CC(C)(C)NC(C)(C)C3)cc2oc1=O. The topological polar surface area (TPSA) is 80.6 Å². The zero-order chi connectivity index (χ0) is 21.6. The lowest BCUT2D eigenvalue weighted by molar-refractivity contribution is -0.128. The van der Waals surface area contributed by atoms with Crippen molar-refractivity contribution in [2.45, 2.75) is 84.5 Å². The number of hydrogen-bond acceptors (Lipinski definition) is 5. The van der Waals surface area contributed by atoms with Crippen molar-refractivity contribution in [3.63, 3.8) is 0 Å². The maximum absolute atomic E-state index is 12.7. The third-order valence-electron chi connectivity index (χ3n) is 5.65. The van der Waals surface area contributed by atoms with Gasteiger partial charge >= 0.3 is 5.63 Å². The maximum Gasteiger partial charge on any atom is 0.339 e. The largest absolute Gasteiger partial charge is 0.481 e. The number of aryl methyl sites for hydroxylation is 1. The van der Waals surface area contributed by atoms with Crippen molar-refractivity contribution in [2.24, 2.45) is 0 Å². The van der Waals surface area contributed by atoms with E-state index in [-0.39, 0.29) is 28.7 Å². The van der Waals surface area contributed by atoms with Gasteiger partial charge in [0.15, 0.2) is 6.10 Å². The average molecular weight is 401 g/mol. The smallest absolute Gasteiger partial charge is 0.339 e. The van der Waals surface area contributed by atoms with Gasteiger partial charge in [-0.2, -0.15) is 0 Å². The fourth-order valence-corrected chi connectivity index (χ4v) is 4.50. The second-order valence-electron chi connectivity index (χ2n) is 9.56. The van der Waals surface area contributed by atoms with Crippen molar-refractivity contribution in [1.29, 1.82) is 0 Å². The summed E-state index contributed by atoms with van der Waals surface area (Å²) in [5.74, 6) is 0.350. The molecule has 1 amide bonds. The Bertz CT molecular complexity index is 974. The van der Waals surface area contributed by atoms with E-state index < -0.39 is 6.10 Å². The van der Waals surface area contributed by atoms with Crippen LogP contribution in [0.1, 0.15) is 58.6 Å². The fraction of sp³-hybridized carbons (Fsp3) is 0.565. The molecule has 1 aromatic heterocycles. The highest BCUT2D eigenvalue weighted by atomic mass is 16.5. The van der Waals surface area contributed by atoms with Crippen LogP contribution in [0.15, 0.2) is 27.4 Å². The predicted octanol–water partition coefficient (Wildman–Crippen LogP) is 3.60. The molecule has 1 aromatic carbocycles. The number of piperidine rings is 1. The van der Waals surface area contributed by atoms with E-state index in [4.69, 9.17) is 9.15 Å². The Morgan fingerprint density at radius 1 is 1.17 bits per heavy atom. The molecule has 2 aromatic rings. The Kier molecular flexibility index (Phi) is 5.52. The molecule has 0 saturated carbocycles. The summed E-state index contributed by atoms with van der Waals surface area (Å²) in [4.78, 5) is 24.7. The van der Waals surface area contributed by atoms with E-state index >= 15 is 0 Å². The first-order chi connectivity index (χ1) is 13.4. The van der Waals surface area contributed by atoms with Crippen LogP contribution in [0.2, 0.25) is 0 Å². The summed E-state index contributed by atoms with van der Waals surface area (Å²) in [5, 5.41) is 7.62. The zero-order valence-corrected chi connectivity index (χ0v) is 18.4. The zero-order valence-electron chi connectivity index (χ0n) is 18.4. The van der Waals surface area contributed by atoms with Gasteiger partial charge in [0, 0.05) is 34.1 Å². The second-order valence-corrected chi connectivity index (χ2v) is 9.56. The maximum atomic E-state index is 12.7. The minimum absolute atomic E-state index is 0.0460. The molecule has 6 nitrogen and oxygen atoms in total. The molecular weight excluding hydrogens is 368 g/mol. The molecule has 6 heteroatoms. The highest BCUT2D eigenvalue weighted by Gasteiger charge is 2.38. The highest BCUT2D eigenvalue weighted by molar-refractivity contribution is 5.83. The molecule has 1 saturated heterocycles. The molecule has 0 spiro atoms. The van der Waals surface area contributed by atoms with Crippen LogP contribution in [0.5, 0.6) is 5.75 Å². The molecule has 3 rings (SSSR count). The van der Waals surface area contributed by atoms with Gasteiger partial charge in [-0.05, 0) is 79.0 Å². The first kappa shape index (κ1) is 21.4. The number of rotatable bonds is 4. The van der Waals surface area contributed by atoms with Gasteiger partial charge < -0.3 is 19.8 Å². The molecule has 0 aliphatic carbocycles. The molecule has 1 aliphatic heterocycles. The number of ether oxygens (including phenoxy) is 1. The van der Waals surface area contributed by atoms with Crippen LogP contribution in [0, 0.1) is 13.8 Å². The predicted molar refractivity (Wildman–Crippen MR) is 115 cm³/mol. The van der Waals surface area contributed by atoms with Crippen molar-refractivity contribution in [3.05, 3.63) is 39.7 Å². The van der Waals surface area contributed by atoms with Gasteiger partial charge in [0.05, 0.1) is 0 Å². The van der Waals surface area contributed by atoms with Gasteiger partial charge in [0.25, 0.3) is 5.91 Å². The molecule has 158 valence electrons. The fourth-order valence-electron chi connectivity index (χ4n) is 4.50. The summed E-state index contributed by atoms with van der Waals surface area (Å²) >= 11 is 0. The Morgan fingerprint density at radius 3 is 2.41 bits per heavy atom. The van der Waals surface area contributed by atoms with Crippen molar-refractivity contribution >= 4 is 16.9 Å². The highest BCUT2D eigenvalue weighted by Crippen LogP contribution is 2.29. The van der Waals surface area contributed by atoms with Crippen LogP contribution < -0.4 is 21.0 Å². The minimum Gasteiger partial charge on any atom is -0.481 e. The van der Waals surface area contributed by atoms with Crippen LogP contribution in [-0.4, -0.2) is 29.1 Å². The summed E-state index contributed by atoms with van der Waals surface area (Å²) in [7, 11) is 0. The molecule has 1 atom stereocenters. The van der Waals surface area contributed by atoms with E-state index in [0.29, 0.717) is 16.9 Å². The number of carbonyl (C=O) groups excluding carboxylic acids is 1. The van der Waals surface area contributed by atoms with Gasteiger partial charge in [-0.3, -0.25) is 4.79 Å². The lowest BCUT2D eigenvalue weighted by Crippen LogP contribution is -2.62. The number of hydrogen-bond donors (Lipinski definition) is 2. The molecule has 2 N–H and O–H groups in total. The number of carbonyl (C=O) groups is 1. The van der Waals surface area contributed by atoms with Crippen molar-refractivity contribution in [2.75, 3.05) is 0 Å². The number of fused-ring (bicyclic) bond motifs is 1. The lowest BCUT2D eigenvalue weighted by Gasteiger charge is -2.46. The number of benzene rings is 1. The third kappa shape index (κ3) is 4.81. The monoisotopic (exact) mass is 400 g/mol. The summed E-state index contributed by atoms with van der Waals surface area (Å²) in [6.07, 6.45) is 1.05. The van der Waals surface area contributed by atoms with E-state index in [1.165, 1.54) is 0 Å². The minimum atomic E-state index is -0.660. The standard InChI is InChI=1S/C23H32N2O4/c1-13-14(2)21(27)29-19-10-17(8-9-18(13)19)28-15(3)20(26)24-16-11-22(4,5)25-23(6,7)12-16/h8-10,15-16,25H,11-12H2,1-7H3,(H,24,26)/t15-/m0/s1. The molecular formula is C23H32N2O4. The van der Waals surface area contributed by atoms with E-state index in [9.17, 15) is 9.59 Å². The summed E-state index contributed by atoms with van der Waals surface area (Å²) in [6.45, 7) is 14.0. The van der Waals surface area contributed by atoms with E-state index in [0.717, 1.165) is 23.8 Å². The first-order valence-electron chi connectivity index (χ1n) is 10.2. The van der Waals surface area contributed by atoms with Crippen LogP contribution in [0.4, 0.5) is 0 Å². The van der Waals surface area contributed by atoms with Crippen LogP contribution in [0.25, 0.3) is 11.0 Å². The Balaban J connectivity index is 1.71. The average Bonchev–Trinajstić information content (AvgIpc) is 2.56. The van der Waals surface area contributed by atoms with Crippen molar-refractivity contribution < 1.29 is 13.9 Å². The quantitative estimate of drug-likeness (QED) is 0.767. The summed E-state index contributed by atoms with van der Waals surface area (Å²) in [5.41, 5.74) is 1.52. The van der Waals surface area contributed by atoms with Gasteiger partial charge in [-0.25, -0.2) is 4.79 Å². The molecule has 0 radical (unpaired) electrons. The van der Waals surface area contributed by atoms with Gasteiger partial charge in [-0.15, -0.1) is 0 Å². The first-order valence-corrected chi connectivity index (χ1v) is 10.2. The third-order valence-corrected chi connectivity index (χ3v) is 5.65. The van der Waals surface area contributed by atoms with Crippen molar-refractivity contribution in [1.82, 2.24) is 10.6 Å². The van der Waals surface area contributed by atoms with Crippen molar-refractivity contribution in [3.8, 4) is 5.75 Å². The second kappa shape index (κ2) is 7.48. The molecule has 2 heterocycles. The van der Waals surface area contributed by atoms with E-state index in [2.05, 4.69) is 38.3 Å². The van der Waals surface area contributed by atoms with Gasteiger partial charge in [0.1, 0.15) is 11.3 Å².